The average molecular weight is 466 g/mol. The van der Waals surface area contributed by atoms with Crippen molar-refractivity contribution in [3.8, 4) is 17.1 Å². The van der Waals surface area contributed by atoms with E-state index in [0.717, 1.165) is 16.7 Å². The smallest absolute Gasteiger partial charge is 0.277 e. The van der Waals surface area contributed by atoms with Crippen LogP contribution in [0.1, 0.15) is 22.5 Å². The molecular weight excluding hydrogens is 447 g/mol. The molecule has 0 aliphatic carbocycles. The third kappa shape index (κ3) is 5.17. The van der Waals surface area contributed by atoms with E-state index in [0.29, 0.717) is 37.9 Å². The van der Waals surface area contributed by atoms with Crippen LogP contribution in [0.2, 0.25) is 15.1 Å². The van der Waals surface area contributed by atoms with Gasteiger partial charge in [0, 0.05) is 5.56 Å². The Bertz CT molecular complexity index is 1120. The maximum atomic E-state index is 12.0. The fourth-order valence-corrected chi connectivity index (χ4v) is 3.40. The summed E-state index contributed by atoms with van der Waals surface area (Å²) in [7, 11) is 0. The number of nitrogens with one attached hydrogen (secondary N) is 1. The van der Waals surface area contributed by atoms with E-state index in [9.17, 15) is 4.79 Å². The minimum atomic E-state index is -0.383. The van der Waals surface area contributed by atoms with Crippen molar-refractivity contribution in [3.63, 3.8) is 0 Å². The van der Waals surface area contributed by atoms with Crippen LogP contribution in [0.25, 0.3) is 11.3 Å². The summed E-state index contributed by atoms with van der Waals surface area (Å²) < 4.78 is 11.3. The maximum absolute atomic E-state index is 12.0. The van der Waals surface area contributed by atoms with Crippen LogP contribution in [0.5, 0.6) is 5.75 Å². The van der Waals surface area contributed by atoms with Crippen molar-refractivity contribution >= 4 is 46.9 Å². The molecule has 0 fully saturated rings. The molecule has 8 heteroatoms. The molecule has 0 atom stereocenters. The van der Waals surface area contributed by atoms with Gasteiger partial charge in [-0.1, -0.05) is 46.9 Å². The van der Waals surface area contributed by atoms with E-state index >= 15 is 0 Å². The summed E-state index contributed by atoms with van der Waals surface area (Å²) in [5.41, 5.74) is 6.10. The number of ether oxygens (including phenoxy) is 1. The number of halogens is 3. The predicted molar refractivity (Wildman–Crippen MR) is 121 cm³/mol. The second kappa shape index (κ2) is 9.56. The first kappa shape index (κ1) is 22.2. The SMILES string of the molecule is Cc1ccc(C)c(OCC(=O)N/N=C/c2ccc(-c3cc(Cl)c(Cl)cc3Cl)o2)c1C. The molecule has 30 heavy (non-hydrogen) atoms. The van der Waals surface area contributed by atoms with Crippen LogP contribution in [0.3, 0.4) is 0 Å². The first-order valence-corrected chi connectivity index (χ1v) is 10.2. The fraction of sp³-hybridized carbons (Fsp3) is 0.182. The summed E-state index contributed by atoms with van der Waals surface area (Å²) in [4.78, 5) is 12.0. The second-order valence-electron chi connectivity index (χ2n) is 6.68. The molecule has 1 amide bonds. The largest absolute Gasteiger partial charge is 0.483 e. The Hall–Kier alpha value is -2.47. The van der Waals surface area contributed by atoms with Crippen molar-refractivity contribution in [1.29, 1.82) is 0 Å². The van der Waals surface area contributed by atoms with E-state index in [1.54, 1.807) is 24.3 Å². The Morgan fingerprint density at radius 1 is 1.03 bits per heavy atom. The van der Waals surface area contributed by atoms with Gasteiger partial charge in [-0.25, -0.2) is 5.43 Å². The summed E-state index contributed by atoms with van der Waals surface area (Å²) in [6.07, 6.45) is 1.38. The number of hydrogen-bond acceptors (Lipinski definition) is 4. The lowest BCUT2D eigenvalue weighted by Gasteiger charge is -2.13. The van der Waals surface area contributed by atoms with Gasteiger partial charge >= 0.3 is 0 Å². The van der Waals surface area contributed by atoms with Gasteiger partial charge in [0.05, 0.1) is 21.3 Å². The summed E-state index contributed by atoms with van der Waals surface area (Å²) >= 11 is 18.2. The van der Waals surface area contributed by atoms with E-state index in [1.165, 1.54) is 6.21 Å². The number of hydrogen-bond donors (Lipinski definition) is 1. The number of nitrogens with zero attached hydrogens (tertiary/aromatic N) is 1. The molecule has 1 N–H and O–H groups in total. The van der Waals surface area contributed by atoms with Gasteiger partial charge in [-0.15, -0.1) is 0 Å². The van der Waals surface area contributed by atoms with Crippen molar-refractivity contribution in [2.45, 2.75) is 20.8 Å². The van der Waals surface area contributed by atoms with Crippen LogP contribution in [0.15, 0.2) is 45.9 Å². The van der Waals surface area contributed by atoms with E-state index in [-0.39, 0.29) is 12.5 Å². The highest BCUT2D eigenvalue weighted by Crippen LogP contribution is 2.35. The lowest BCUT2D eigenvalue weighted by atomic mass is 10.1. The molecule has 0 saturated heterocycles. The highest BCUT2D eigenvalue weighted by molar-refractivity contribution is 6.44. The zero-order valence-corrected chi connectivity index (χ0v) is 18.8. The molecule has 2 aromatic carbocycles. The number of carbonyl (C=O) groups is 1. The van der Waals surface area contributed by atoms with Gasteiger partial charge in [-0.3, -0.25) is 4.79 Å². The third-order valence-electron chi connectivity index (χ3n) is 4.50. The van der Waals surface area contributed by atoms with Crippen LogP contribution in [-0.4, -0.2) is 18.7 Å². The molecule has 0 spiro atoms. The van der Waals surface area contributed by atoms with Gasteiger partial charge in [0.25, 0.3) is 5.91 Å². The zero-order valence-electron chi connectivity index (χ0n) is 16.6. The first-order chi connectivity index (χ1) is 14.3. The third-order valence-corrected chi connectivity index (χ3v) is 5.54. The van der Waals surface area contributed by atoms with E-state index in [2.05, 4.69) is 10.5 Å². The number of hydrazone groups is 1. The summed E-state index contributed by atoms with van der Waals surface area (Å²) in [6.45, 7) is 5.74. The first-order valence-electron chi connectivity index (χ1n) is 9.02. The van der Waals surface area contributed by atoms with E-state index in [4.69, 9.17) is 44.0 Å². The summed E-state index contributed by atoms with van der Waals surface area (Å²) in [6, 6.07) is 10.6. The number of aryl methyl sites for hydroxylation is 2. The van der Waals surface area contributed by atoms with Gasteiger partial charge in [0.1, 0.15) is 17.3 Å². The molecule has 0 aliphatic heterocycles. The number of amides is 1. The highest BCUT2D eigenvalue weighted by atomic mass is 35.5. The molecule has 0 saturated carbocycles. The van der Waals surface area contributed by atoms with Gasteiger partial charge < -0.3 is 9.15 Å². The quantitative estimate of drug-likeness (QED) is 0.262. The van der Waals surface area contributed by atoms with Crippen LogP contribution in [-0.2, 0) is 4.79 Å². The van der Waals surface area contributed by atoms with Gasteiger partial charge in [-0.05, 0) is 61.7 Å². The predicted octanol–water partition coefficient (Wildman–Crippen LogP) is 6.36. The minimum absolute atomic E-state index is 0.148. The fourth-order valence-electron chi connectivity index (χ4n) is 2.76. The molecule has 156 valence electrons. The lowest BCUT2D eigenvalue weighted by molar-refractivity contribution is -0.123. The minimum Gasteiger partial charge on any atom is -0.483 e. The molecule has 5 nitrogen and oxygen atoms in total. The van der Waals surface area contributed by atoms with Crippen molar-refractivity contribution in [3.05, 3.63) is 73.9 Å². The van der Waals surface area contributed by atoms with E-state index in [1.807, 2.05) is 32.9 Å². The van der Waals surface area contributed by atoms with Gasteiger partial charge in [0.2, 0.25) is 0 Å². The molecule has 1 heterocycles. The van der Waals surface area contributed by atoms with Crippen LogP contribution >= 0.6 is 34.8 Å². The average Bonchev–Trinajstić information content (AvgIpc) is 3.16. The lowest BCUT2D eigenvalue weighted by Crippen LogP contribution is -2.25. The Balaban J connectivity index is 1.60. The number of benzene rings is 2. The molecule has 3 rings (SSSR count). The maximum Gasteiger partial charge on any atom is 0.277 e. The van der Waals surface area contributed by atoms with Crippen LogP contribution in [0, 0.1) is 20.8 Å². The molecule has 0 aliphatic rings. The normalized spacial score (nSPS) is 11.1. The summed E-state index contributed by atoms with van der Waals surface area (Å²) in [5, 5.41) is 5.04. The zero-order chi connectivity index (χ0) is 21.8. The van der Waals surface area contributed by atoms with Crippen molar-refractivity contribution in [2.75, 3.05) is 6.61 Å². The van der Waals surface area contributed by atoms with Crippen molar-refractivity contribution < 1.29 is 13.9 Å². The molecule has 0 bridgehead atoms. The van der Waals surface area contributed by atoms with Crippen LogP contribution in [0.4, 0.5) is 0 Å². The molecule has 0 unspecified atom stereocenters. The summed E-state index contributed by atoms with van der Waals surface area (Å²) in [5.74, 6) is 1.26. The Morgan fingerprint density at radius 3 is 2.50 bits per heavy atom. The number of furan rings is 1. The molecular formula is C22H19Cl3N2O3. The second-order valence-corrected chi connectivity index (χ2v) is 7.91. The number of rotatable bonds is 6. The van der Waals surface area contributed by atoms with Crippen molar-refractivity contribution in [1.82, 2.24) is 5.43 Å². The van der Waals surface area contributed by atoms with E-state index < -0.39 is 0 Å². The van der Waals surface area contributed by atoms with Gasteiger partial charge in [0.15, 0.2) is 6.61 Å². The van der Waals surface area contributed by atoms with Crippen LogP contribution < -0.4 is 10.2 Å². The van der Waals surface area contributed by atoms with Gasteiger partial charge in [-0.2, -0.15) is 5.10 Å². The standard InChI is InChI=1S/C22H19Cl3N2O3/c1-12-4-5-13(2)22(14(12)3)29-11-21(28)27-26-10-15-6-7-20(30-15)16-8-18(24)19(25)9-17(16)23/h4-10H,11H2,1-3H3,(H,27,28)/b26-10+. The molecule has 1 aromatic heterocycles. The Kier molecular flexibility index (Phi) is 7.08. The van der Waals surface area contributed by atoms with Crippen molar-refractivity contribution in [2.24, 2.45) is 5.10 Å². The number of carbonyl (C=O) groups excluding carboxylic acids is 1. The molecule has 3 aromatic rings. The topological polar surface area (TPSA) is 63.8 Å². The Labute approximate surface area is 189 Å². The Morgan fingerprint density at radius 2 is 1.73 bits per heavy atom. The molecule has 0 radical (unpaired) electrons. The highest BCUT2D eigenvalue weighted by Gasteiger charge is 2.12. The monoisotopic (exact) mass is 464 g/mol.